The van der Waals surface area contributed by atoms with E-state index in [4.69, 9.17) is 5.11 Å². The molecule has 1 rings (SSSR count). The molecule has 0 spiro atoms. The van der Waals surface area contributed by atoms with Crippen LogP contribution in [0.25, 0.3) is 0 Å². The van der Waals surface area contributed by atoms with Crippen LogP contribution in [0.2, 0.25) is 0 Å². The third-order valence-electron chi connectivity index (χ3n) is 2.28. The zero-order chi connectivity index (χ0) is 15.3. The number of benzene rings is 1. The van der Waals surface area contributed by atoms with Crippen LogP contribution in [0.3, 0.4) is 0 Å². The molecule has 0 atom stereocenters. The SMILES string of the molecule is CC(C)(C)O.CCN(CC)CC.Cc1ccccc1. The molecule has 0 saturated heterocycles. The molecule has 112 valence electrons. The van der Waals surface area contributed by atoms with Crippen molar-refractivity contribution in [2.24, 2.45) is 0 Å². The van der Waals surface area contributed by atoms with Gasteiger partial charge in [0, 0.05) is 0 Å². The van der Waals surface area contributed by atoms with Crippen LogP contribution in [0.4, 0.5) is 0 Å². The molecule has 2 heteroatoms. The number of aryl methyl sites for hydroxylation is 1. The molecule has 0 aliphatic rings. The van der Waals surface area contributed by atoms with Gasteiger partial charge in [0.25, 0.3) is 0 Å². The molecular weight excluding hydrogens is 234 g/mol. The van der Waals surface area contributed by atoms with Gasteiger partial charge >= 0.3 is 0 Å². The van der Waals surface area contributed by atoms with Gasteiger partial charge in [-0.2, -0.15) is 0 Å². The number of hydrogen-bond acceptors (Lipinski definition) is 2. The third-order valence-corrected chi connectivity index (χ3v) is 2.28. The van der Waals surface area contributed by atoms with E-state index in [1.165, 1.54) is 25.2 Å². The molecule has 0 fully saturated rings. The van der Waals surface area contributed by atoms with Gasteiger partial charge in [0.05, 0.1) is 5.60 Å². The van der Waals surface area contributed by atoms with Gasteiger partial charge < -0.3 is 10.0 Å². The van der Waals surface area contributed by atoms with Gasteiger partial charge in [-0.15, -0.1) is 0 Å². The van der Waals surface area contributed by atoms with Crippen molar-refractivity contribution >= 4 is 0 Å². The van der Waals surface area contributed by atoms with Gasteiger partial charge in [0.15, 0.2) is 0 Å². The fourth-order valence-corrected chi connectivity index (χ4v) is 1.21. The molecule has 0 aromatic heterocycles. The van der Waals surface area contributed by atoms with Crippen LogP contribution in [0.5, 0.6) is 0 Å². The minimum atomic E-state index is -0.500. The zero-order valence-corrected chi connectivity index (χ0v) is 13.9. The van der Waals surface area contributed by atoms with E-state index in [1.807, 2.05) is 18.2 Å². The zero-order valence-electron chi connectivity index (χ0n) is 13.9. The molecule has 0 radical (unpaired) electrons. The first-order valence-electron chi connectivity index (χ1n) is 7.20. The second-order valence-electron chi connectivity index (χ2n) is 5.45. The third kappa shape index (κ3) is 22.8. The van der Waals surface area contributed by atoms with E-state index in [0.717, 1.165) is 0 Å². The first-order chi connectivity index (χ1) is 8.74. The normalized spacial score (nSPS) is 10.2. The van der Waals surface area contributed by atoms with Gasteiger partial charge in [0.2, 0.25) is 0 Å². The topological polar surface area (TPSA) is 23.5 Å². The van der Waals surface area contributed by atoms with Crippen LogP contribution >= 0.6 is 0 Å². The van der Waals surface area contributed by atoms with Crippen molar-refractivity contribution in [2.75, 3.05) is 19.6 Å². The smallest absolute Gasteiger partial charge is 0.0563 e. The Bertz CT molecular complexity index is 262. The van der Waals surface area contributed by atoms with Crippen LogP contribution < -0.4 is 0 Å². The van der Waals surface area contributed by atoms with Gasteiger partial charge in [-0.3, -0.25) is 0 Å². The van der Waals surface area contributed by atoms with Crippen molar-refractivity contribution < 1.29 is 5.11 Å². The minimum absolute atomic E-state index is 0.500. The molecule has 0 heterocycles. The lowest BCUT2D eigenvalue weighted by atomic mass is 10.2. The quantitative estimate of drug-likeness (QED) is 0.890. The molecule has 2 nitrogen and oxygen atoms in total. The highest BCUT2D eigenvalue weighted by Crippen LogP contribution is 1.93. The molecule has 0 aliphatic carbocycles. The molecule has 0 aliphatic heterocycles. The van der Waals surface area contributed by atoms with E-state index in [2.05, 4.69) is 44.7 Å². The number of hydrogen-bond donors (Lipinski definition) is 1. The van der Waals surface area contributed by atoms with Crippen LogP contribution in [0.15, 0.2) is 30.3 Å². The van der Waals surface area contributed by atoms with Crippen LogP contribution in [-0.4, -0.2) is 35.2 Å². The Balaban J connectivity index is 0. The van der Waals surface area contributed by atoms with Gasteiger partial charge in [-0.25, -0.2) is 0 Å². The summed E-state index contributed by atoms with van der Waals surface area (Å²) in [6, 6.07) is 10.3. The summed E-state index contributed by atoms with van der Waals surface area (Å²) in [5.74, 6) is 0. The fourth-order valence-electron chi connectivity index (χ4n) is 1.21. The molecule has 0 bridgehead atoms. The van der Waals surface area contributed by atoms with Crippen molar-refractivity contribution in [3.05, 3.63) is 35.9 Å². The molecule has 1 N–H and O–H groups in total. The lowest BCUT2D eigenvalue weighted by molar-refractivity contribution is 0.102. The van der Waals surface area contributed by atoms with E-state index in [1.54, 1.807) is 20.8 Å². The van der Waals surface area contributed by atoms with Crippen LogP contribution in [0.1, 0.15) is 47.1 Å². The largest absolute Gasteiger partial charge is 0.391 e. The van der Waals surface area contributed by atoms with E-state index < -0.39 is 5.60 Å². The maximum Gasteiger partial charge on any atom is 0.0563 e. The van der Waals surface area contributed by atoms with Gasteiger partial charge in [-0.1, -0.05) is 56.7 Å². The Hall–Kier alpha value is -0.860. The predicted octanol–water partition coefficient (Wildman–Crippen LogP) is 4.12. The predicted molar refractivity (Wildman–Crippen MR) is 86.6 cm³/mol. The Labute approximate surface area is 120 Å². The standard InChI is InChI=1S/C7H8.C6H15N.C4H10O/c1-7-5-3-2-4-6-7;1-4-7(5-2)6-3;1-4(2,3)5/h2-6H,1H3;4-6H2,1-3H3;5H,1-3H3. The first kappa shape index (κ1) is 20.5. The average Bonchev–Trinajstić information content (AvgIpc) is 2.31. The van der Waals surface area contributed by atoms with Crippen LogP contribution in [-0.2, 0) is 0 Å². The van der Waals surface area contributed by atoms with Crippen molar-refractivity contribution in [1.29, 1.82) is 0 Å². The lowest BCUT2D eigenvalue weighted by Gasteiger charge is -2.13. The number of nitrogens with zero attached hydrogens (tertiary/aromatic N) is 1. The Kier molecular flexibility index (Phi) is 13.1. The summed E-state index contributed by atoms with van der Waals surface area (Å²) >= 11 is 0. The van der Waals surface area contributed by atoms with E-state index in [9.17, 15) is 0 Å². The van der Waals surface area contributed by atoms with E-state index in [-0.39, 0.29) is 0 Å². The molecule has 0 amide bonds. The minimum Gasteiger partial charge on any atom is -0.391 e. The highest BCUT2D eigenvalue weighted by molar-refractivity contribution is 5.11. The van der Waals surface area contributed by atoms with Crippen molar-refractivity contribution in [3.63, 3.8) is 0 Å². The highest BCUT2D eigenvalue weighted by atomic mass is 16.3. The summed E-state index contributed by atoms with van der Waals surface area (Å²) in [5, 5.41) is 8.52. The summed E-state index contributed by atoms with van der Waals surface area (Å²) in [5.41, 5.74) is 0.822. The number of rotatable bonds is 3. The van der Waals surface area contributed by atoms with Crippen molar-refractivity contribution in [2.45, 2.75) is 54.1 Å². The summed E-state index contributed by atoms with van der Waals surface area (Å²) in [6.45, 7) is 17.4. The molecule has 0 unspecified atom stereocenters. The summed E-state index contributed by atoms with van der Waals surface area (Å²) in [6.07, 6.45) is 0. The monoisotopic (exact) mass is 267 g/mol. The summed E-state index contributed by atoms with van der Waals surface area (Å²) < 4.78 is 0. The average molecular weight is 267 g/mol. The molecule has 0 saturated carbocycles. The van der Waals surface area contributed by atoms with Gasteiger partial charge in [0.1, 0.15) is 0 Å². The maximum absolute atomic E-state index is 8.52. The first-order valence-corrected chi connectivity index (χ1v) is 7.20. The van der Waals surface area contributed by atoms with Crippen LogP contribution in [0, 0.1) is 6.92 Å². The van der Waals surface area contributed by atoms with Gasteiger partial charge in [-0.05, 0) is 47.3 Å². The molecule has 1 aromatic carbocycles. The second kappa shape index (κ2) is 12.2. The van der Waals surface area contributed by atoms with Crippen molar-refractivity contribution in [3.8, 4) is 0 Å². The van der Waals surface area contributed by atoms with Crippen molar-refractivity contribution in [1.82, 2.24) is 4.90 Å². The molecule has 1 aromatic rings. The highest BCUT2D eigenvalue weighted by Gasteiger charge is 1.97. The maximum atomic E-state index is 8.52. The lowest BCUT2D eigenvalue weighted by Crippen LogP contribution is -2.21. The molecular formula is C17H33NO. The summed E-state index contributed by atoms with van der Waals surface area (Å²) in [4.78, 5) is 2.38. The summed E-state index contributed by atoms with van der Waals surface area (Å²) in [7, 11) is 0. The Morgan fingerprint density at radius 2 is 1.21 bits per heavy atom. The van der Waals surface area contributed by atoms with E-state index in [0.29, 0.717) is 0 Å². The Morgan fingerprint density at radius 1 is 0.895 bits per heavy atom. The number of aliphatic hydroxyl groups is 1. The van der Waals surface area contributed by atoms with E-state index >= 15 is 0 Å². The molecule has 19 heavy (non-hydrogen) atoms. The Morgan fingerprint density at radius 3 is 1.32 bits per heavy atom. The fraction of sp³-hybridized carbons (Fsp3) is 0.647. The second-order valence-corrected chi connectivity index (χ2v) is 5.45.